The lowest BCUT2D eigenvalue weighted by Crippen LogP contribution is -2.58. The molecule has 0 atom stereocenters. The topological polar surface area (TPSA) is 108 Å². The molecule has 0 amide bonds. The number of fused-ring (bicyclic) bond motifs is 2. The number of anilines is 4. The van der Waals surface area contributed by atoms with Crippen molar-refractivity contribution in [2.24, 2.45) is 0 Å². The minimum Gasteiger partial charge on any atom is -0.495 e. The highest BCUT2D eigenvalue weighted by molar-refractivity contribution is 9.10. The monoisotopic (exact) mass is 622 g/mol. The minimum absolute atomic E-state index is 0.414. The Kier molecular flexibility index (Phi) is 7.25. The van der Waals surface area contributed by atoms with Crippen molar-refractivity contribution in [3.63, 3.8) is 0 Å². The normalized spacial score (nSPS) is 16.4. The maximum Gasteiger partial charge on any atom is 0.229 e. The molecule has 2 aliphatic rings. The average molecular weight is 623 g/mol. The van der Waals surface area contributed by atoms with Crippen molar-refractivity contribution in [1.82, 2.24) is 29.7 Å². The number of methoxy groups -OCH3 is 1. The second-order valence-corrected chi connectivity index (χ2v) is 14.8. The van der Waals surface area contributed by atoms with Crippen LogP contribution in [0.5, 0.6) is 5.75 Å². The summed E-state index contributed by atoms with van der Waals surface area (Å²) in [6.07, 6.45) is 5.92. The van der Waals surface area contributed by atoms with E-state index >= 15 is 0 Å². The van der Waals surface area contributed by atoms with E-state index in [1.807, 2.05) is 12.1 Å². The smallest absolute Gasteiger partial charge is 0.229 e. The number of benzene rings is 2. The number of halogens is 1. The van der Waals surface area contributed by atoms with Crippen LogP contribution in [0.1, 0.15) is 11.1 Å². The Morgan fingerprint density at radius 1 is 1.05 bits per heavy atom. The van der Waals surface area contributed by atoms with E-state index in [-0.39, 0.29) is 0 Å². The van der Waals surface area contributed by atoms with Crippen molar-refractivity contribution in [1.29, 1.82) is 0 Å². The molecule has 1 saturated heterocycles. The van der Waals surface area contributed by atoms with Gasteiger partial charge in [-0.1, -0.05) is 0 Å². The zero-order valence-corrected chi connectivity index (χ0v) is 25.5. The van der Waals surface area contributed by atoms with Crippen molar-refractivity contribution in [3.8, 4) is 5.75 Å². The predicted molar refractivity (Wildman–Crippen MR) is 163 cm³/mol. The van der Waals surface area contributed by atoms with Crippen molar-refractivity contribution in [3.05, 3.63) is 58.5 Å². The van der Waals surface area contributed by atoms with Gasteiger partial charge in [0, 0.05) is 50.8 Å². The quantitative estimate of drug-likeness (QED) is 0.284. The van der Waals surface area contributed by atoms with Crippen molar-refractivity contribution in [2.75, 3.05) is 57.8 Å². The third-order valence-corrected chi connectivity index (χ3v) is 9.63. The number of hydrogen-bond acceptors (Lipinski definition) is 10. The van der Waals surface area contributed by atoms with E-state index < -0.39 is 7.14 Å². The van der Waals surface area contributed by atoms with E-state index in [0.717, 1.165) is 44.0 Å². The number of nitrogens with zero attached hydrogens (tertiary/aromatic N) is 6. The summed E-state index contributed by atoms with van der Waals surface area (Å²) < 4.78 is 19.8. The summed E-state index contributed by atoms with van der Waals surface area (Å²) in [5.41, 5.74) is 5.41. The van der Waals surface area contributed by atoms with E-state index in [0.29, 0.717) is 44.3 Å². The number of aromatic nitrogens is 4. The van der Waals surface area contributed by atoms with Crippen LogP contribution in [0.3, 0.4) is 0 Å². The first kappa shape index (κ1) is 27.1. The van der Waals surface area contributed by atoms with Crippen LogP contribution in [0, 0.1) is 0 Å². The van der Waals surface area contributed by atoms with Crippen LogP contribution in [-0.2, 0) is 17.5 Å². The van der Waals surface area contributed by atoms with Gasteiger partial charge in [-0.05, 0) is 78.1 Å². The molecule has 6 rings (SSSR count). The van der Waals surface area contributed by atoms with Crippen LogP contribution >= 0.6 is 23.1 Å². The van der Waals surface area contributed by atoms with E-state index in [2.05, 4.69) is 70.5 Å². The minimum atomic E-state index is -2.72. The summed E-state index contributed by atoms with van der Waals surface area (Å²) in [5, 5.41) is 7.35. The maximum atomic E-state index is 13.3. The van der Waals surface area contributed by atoms with Crippen LogP contribution in [0.4, 0.5) is 23.1 Å². The van der Waals surface area contributed by atoms with Gasteiger partial charge in [0.05, 0.1) is 33.8 Å². The first-order valence-electron chi connectivity index (χ1n) is 13.2. The fourth-order valence-electron chi connectivity index (χ4n) is 5.51. The second-order valence-electron chi connectivity index (χ2n) is 10.8. The fraction of sp³-hybridized carbons (Fsp3) is 0.357. The Bertz CT molecular complexity index is 1640. The highest BCUT2D eigenvalue weighted by atomic mass is 79.9. The first-order chi connectivity index (χ1) is 19.2. The summed E-state index contributed by atoms with van der Waals surface area (Å²) in [4.78, 5) is 23.0. The second kappa shape index (κ2) is 10.7. The predicted octanol–water partition coefficient (Wildman–Crippen LogP) is 4.60. The standard InChI is InChI=1S/C28H32BrN8O2P/c1-36-15-19(16-36)37-10-7-17-11-23(24(39-2)12-18(17)14-37)34-28-32-13-20(29)27(35-28)33-22-6-5-21-25(31-9-8-30-21)26(22)40(3,4)38/h5-6,8-9,11-13,19H,7,10,14-16H2,1-4H3,(H2,32,33,34,35). The summed E-state index contributed by atoms with van der Waals surface area (Å²) in [7, 11) is 1.13. The highest BCUT2D eigenvalue weighted by Crippen LogP contribution is 2.41. The first-order valence-corrected chi connectivity index (χ1v) is 16.6. The molecule has 0 aliphatic carbocycles. The summed E-state index contributed by atoms with van der Waals surface area (Å²) in [6, 6.07) is 8.65. The summed E-state index contributed by atoms with van der Waals surface area (Å²) in [6.45, 7) is 7.71. The number of hydrogen-bond donors (Lipinski definition) is 2. The van der Waals surface area contributed by atoms with Crippen LogP contribution in [0.15, 0.2) is 47.3 Å². The van der Waals surface area contributed by atoms with Gasteiger partial charge in [-0.25, -0.2) is 4.98 Å². The third kappa shape index (κ3) is 5.31. The molecule has 0 radical (unpaired) electrons. The molecule has 4 aromatic rings. The van der Waals surface area contributed by atoms with Crippen LogP contribution in [0.2, 0.25) is 0 Å². The van der Waals surface area contributed by atoms with Crippen molar-refractivity contribution >= 4 is 62.6 Å². The molecule has 208 valence electrons. The van der Waals surface area contributed by atoms with E-state index in [4.69, 9.17) is 9.72 Å². The average Bonchev–Trinajstić information content (AvgIpc) is 2.91. The molecule has 0 bridgehead atoms. The molecule has 0 saturated carbocycles. The molecule has 2 aliphatic heterocycles. The van der Waals surface area contributed by atoms with Crippen LogP contribution < -0.4 is 20.7 Å². The number of nitrogens with one attached hydrogen (secondary N) is 2. The molecular formula is C28H32BrN8O2P. The van der Waals surface area contributed by atoms with Gasteiger partial charge in [0.2, 0.25) is 5.95 Å². The molecule has 0 unspecified atom stereocenters. The van der Waals surface area contributed by atoms with Gasteiger partial charge in [-0.3, -0.25) is 14.9 Å². The molecule has 10 nitrogen and oxygen atoms in total. The lowest BCUT2D eigenvalue weighted by molar-refractivity contribution is 0.0434. The summed E-state index contributed by atoms with van der Waals surface area (Å²) in [5.74, 6) is 1.70. The molecule has 12 heteroatoms. The SMILES string of the molecule is COc1cc2c(cc1Nc1ncc(Br)c(Nc3ccc4nccnc4c3P(C)(C)=O)n1)CCN(C1CN(C)C1)C2. The Morgan fingerprint density at radius 3 is 2.60 bits per heavy atom. The Labute approximate surface area is 242 Å². The molecule has 1 fully saturated rings. The largest absolute Gasteiger partial charge is 0.495 e. The fourth-order valence-corrected chi connectivity index (χ4v) is 7.20. The molecular weight excluding hydrogens is 591 g/mol. The number of likely N-dealkylation sites (N-methyl/N-ethyl adjacent to an activating group) is 1. The van der Waals surface area contributed by atoms with Gasteiger partial charge in [-0.15, -0.1) is 0 Å². The summed E-state index contributed by atoms with van der Waals surface area (Å²) >= 11 is 3.56. The molecule has 2 aromatic heterocycles. The van der Waals surface area contributed by atoms with Gasteiger partial charge in [0.15, 0.2) is 0 Å². The van der Waals surface area contributed by atoms with Crippen molar-refractivity contribution < 1.29 is 9.30 Å². The van der Waals surface area contributed by atoms with Crippen molar-refractivity contribution in [2.45, 2.75) is 19.0 Å². The van der Waals surface area contributed by atoms with Gasteiger partial charge in [-0.2, -0.15) is 4.98 Å². The van der Waals surface area contributed by atoms with Gasteiger partial charge in [0.1, 0.15) is 24.2 Å². The number of rotatable bonds is 7. The molecule has 2 aromatic carbocycles. The molecule has 0 spiro atoms. The Morgan fingerprint density at radius 2 is 1.85 bits per heavy atom. The highest BCUT2D eigenvalue weighted by Gasteiger charge is 2.31. The van der Waals surface area contributed by atoms with Gasteiger partial charge in [0.25, 0.3) is 0 Å². The third-order valence-electron chi connectivity index (χ3n) is 7.52. The Balaban J connectivity index is 1.28. The lowest BCUT2D eigenvalue weighted by atomic mass is 9.95. The van der Waals surface area contributed by atoms with Gasteiger partial charge >= 0.3 is 0 Å². The van der Waals surface area contributed by atoms with Crippen LogP contribution in [-0.4, -0.2) is 82.9 Å². The molecule has 4 heterocycles. The van der Waals surface area contributed by atoms with E-state index in [1.165, 1.54) is 11.1 Å². The van der Waals surface area contributed by atoms with E-state index in [9.17, 15) is 4.57 Å². The lowest BCUT2D eigenvalue weighted by Gasteiger charge is -2.45. The molecule has 40 heavy (non-hydrogen) atoms. The zero-order valence-electron chi connectivity index (χ0n) is 23.0. The van der Waals surface area contributed by atoms with E-state index in [1.54, 1.807) is 39.0 Å². The zero-order chi connectivity index (χ0) is 28.0. The Hall–Kier alpha value is -3.11. The van der Waals surface area contributed by atoms with Gasteiger partial charge < -0.3 is 24.8 Å². The number of likely N-dealkylation sites (tertiary alicyclic amines) is 1. The number of ether oxygens (including phenoxy) is 1. The molecule has 2 N–H and O–H groups in total. The van der Waals surface area contributed by atoms with Crippen LogP contribution in [0.25, 0.3) is 11.0 Å². The maximum absolute atomic E-state index is 13.3.